The minimum Gasteiger partial charge on any atom is -0.443 e. The fraction of sp³-hybridized carbons (Fsp3) is 0.324. The predicted octanol–water partition coefficient (Wildman–Crippen LogP) is 4.40. The highest BCUT2D eigenvalue weighted by Gasteiger charge is 2.31. The molecule has 5 aromatic rings. The average Bonchev–Trinajstić information content (AvgIpc) is 3.78. The second-order valence-electron chi connectivity index (χ2n) is 13.0. The molecule has 0 unspecified atom stereocenters. The fourth-order valence-electron chi connectivity index (χ4n) is 5.87. The first-order chi connectivity index (χ1) is 25.0. The van der Waals surface area contributed by atoms with Crippen LogP contribution in [0.1, 0.15) is 92.1 Å². The Balaban J connectivity index is 1.40. The highest BCUT2D eigenvalue weighted by atomic mass is 32.1. The van der Waals surface area contributed by atoms with Crippen LogP contribution in [0.2, 0.25) is 0 Å². The lowest BCUT2D eigenvalue weighted by Crippen LogP contribution is -2.50. The Morgan fingerprint density at radius 3 is 2.48 bits per heavy atom. The molecule has 15 heteroatoms. The number of aromatic nitrogens is 5. The van der Waals surface area contributed by atoms with Gasteiger partial charge in [-0.3, -0.25) is 24.2 Å². The van der Waals surface area contributed by atoms with E-state index < -0.39 is 41.8 Å². The van der Waals surface area contributed by atoms with E-state index in [-0.39, 0.29) is 47.6 Å². The minimum atomic E-state index is -0.716. The van der Waals surface area contributed by atoms with Crippen LogP contribution in [0.15, 0.2) is 70.9 Å². The Kier molecular flexibility index (Phi) is 10.8. The van der Waals surface area contributed by atoms with Crippen LogP contribution in [0.3, 0.4) is 0 Å². The van der Waals surface area contributed by atoms with Gasteiger partial charge in [-0.15, -0.1) is 11.3 Å². The van der Waals surface area contributed by atoms with Gasteiger partial charge < -0.3 is 25.3 Å². The molecule has 0 saturated carbocycles. The molecule has 268 valence electrons. The molecule has 1 aliphatic heterocycles. The number of aryl methyl sites for hydroxylation is 2. The van der Waals surface area contributed by atoms with E-state index in [2.05, 4.69) is 40.9 Å². The first kappa shape index (κ1) is 36.0. The summed E-state index contributed by atoms with van der Waals surface area (Å²) < 4.78 is 5.94. The maximum atomic E-state index is 14.4. The number of pyridine rings is 1. The van der Waals surface area contributed by atoms with E-state index in [9.17, 15) is 19.2 Å². The smallest absolute Gasteiger partial charge is 0.274 e. The molecule has 52 heavy (non-hydrogen) atoms. The number of thiazole rings is 1. The van der Waals surface area contributed by atoms with Gasteiger partial charge in [0, 0.05) is 36.1 Å². The molecule has 3 atom stereocenters. The van der Waals surface area contributed by atoms with E-state index in [1.165, 1.54) is 22.4 Å². The highest BCUT2D eigenvalue weighted by Crippen LogP contribution is 2.25. The van der Waals surface area contributed by atoms with Crippen molar-refractivity contribution < 1.29 is 23.6 Å². The zero-order chi connectivity index (χ0) is 36.9. The van der Waals surface area contributed by atoms with Crippen molar-refractivity contribution in [3.63, 3.8) is 0 Å². The van der Waals surface area contributed by atoms with Crippen molar-refractivity contribution in [3.05, 3.63) is 111 Å². The molecule has 1 aliphatic rings. The van der Waals surface area contributed by atoms with Crippen molar-refractivity contribution in [1.82, 2.24) is 45.8 Å². The van der Waals surface area contributed by atoms with Crippen molar-refractivity contribution in [2.75, 3.05) is 13.1 Å². The van der Waals surface area contributed by atoms with Crippen molar-refractivity contribution in [2.45, 2.75) is 59.2 Å². The highest BCUT2D eigenvalue weighted by molar-refractivity contribution is 7.09. The van der Waals surface area contributed by atoms with Gasteiger partial charge >= 0.3 is 0 Å². The summed E-state index contributed by atoms with van der Waals surface area (Å²) in [5.41, 5.74) is 2.44. The summed E-state index contributed by atoms with van der Waals surface area (Å²) in [6.45, 7) is 8.46. The monoisotopic (exact) mass is 721 g/mol. The maximum absolute atomic E-state index is 14.4. The largest absolute Gasteiger partial charge is 0.443 e. The molecule has 4 aromatic heterocycles. The third-order valence-corrected chi connectivity index (χ3v) is 9.63. The number of oxazole rings is 1. The van der Waals surface area contributed by atoms with Gasteiger partial charge in [0.05, 0.1) is 29.9 Å². The van der Waals surface area contributed by atoms with Crippen LogP contribution in [0.4, 0.5) is 0 Å². The molecule has 1 aromatic carbocycles. The Labute approximate surface area is 304 Å². The van der Waals surface area contributed by atoms with Crippen LogP contribution >= 0.6 is 11.3 Å². The normalized spacial score (nSPS) is 18.6. The molecule has 14 nitrogen and oxygen atoms in total. The summed E-state index contributed by atoms with van der Waals surface area (Å²) in [6.07, 6.45) is 5.07. The standard InChI is InChI=1S/C37H39N9O5S/c1-20(2)30-35-45-31(23(5)51-35)34(49)41-22(4)36-43-28(19-52-36)33(48)42-26(14-24-10-7-6-8-11-24)17-46(18-29(47)44-30)37(50)27-16-39-32(40-21(27)3)25-12-9-13-38-15-25/h6-13,15-16,19-20,22,26,30H,14,17-18H2,1-5H3,(H,41,49)(H,42,48)(H,44,47)/t22-,26-,30+/m1/s1. The van der Waals surface area contributed by atoms with Crippen LogP contribution in [0.5, 0.6) is 0 Å². The lowest BCUT2D eigenvalue weighted by Gasteiger charge is -2.29. The summed E-state index contributed by atoms with van der Waals surface area (Å²) in [5.74, 6) is -1.28. The number of hydrogen-bond acceptors (Lipinski definition) is 11. The number of hydrogen-bond donors (Lipinski definition) is 3. The first-order valence-corrected chi connectivity index (χ1v) is 17.8. The number of amides is 4. The van der Waals surface area contributed by atoms with E-state index in [4.69, 9.17) is 4.42 Å². The second-order valence-corrected chi connectivity index (χ2v) is 13.9. The molecule has 0 radical (unpaired) electrons. The molecule has 5 heterocycles. The van der Waals surface area contributed by atoms with Gasteiger partial charge in [0.1, 0.15) is 22.5 Å². The van der Waals surface area contributed by atoms with Gasteiger partial charge in [0.15, 0.2) is 11.5 Å². The van der Waals surface area contributed by atoms with Crippen LogP contribution in [-0.2, 0) is 11.2 Å². The molecule has 4 bridgehead atoms. The fourth-order valence-corrected chi connectivity index (χ4v) is 6.68. The van der Waals surface area contributed by atoms with E-state index in [1.807, 2.05) is 50.2 Å². The lowest BCUT2D eigenvalue weighted by molar-refractivity contribution is -0.123. The molecular weight excluding hydrogens is 683 g/mol. The molecule has 0 spiro atoms. The SMILES string of the molecule is Cc1nc(-c2cccnc2)ncc1C(=O)N1CC(=O)N[C@@H](C(C)C)c2nc(c(C)o2)C(=O)N[C@H](C)c2nc(cs2)C(=O)N[C@H](Cc2ccccc2)C1. The van der Waals surface area contributed by atoms with Crippen molar-refractivity contribution in [1.29, 1.82) is 0 Å². The molecule has 6 rings (SSSR count). The van der Waals surface area contributed by atoms with Crippen molar-refractivity contribution in [2.24, 2.45) is 5.92 Å². The van der Waals surface area contributed by atoms with Crippen molar-refractivity contribution in [3.8, 4) is 11.4 Å². The first-order valence-electron chi connectivity index (χ1n) is 16.9. The van der Waals surface area contributed by atoms with Crippen LogP contribution in [-0.4, -0.2) is 72.6 Å². The number of carbonyl (C=O) groups excluding carboxylic acids is 4. The van der Waals surface area contributed by atoms with Crippen LogP contribution in [0.25, 0.3) is 11.4 Å². The van der Waals surface area contributed by atoms with Gasteiger partial charge in [-0.25, -0.2) is 19.9 Å². The van der Waals surface area contributed by atoms with E-state index in [1.54, 1.807) is 44.6 Å². The number of nitrogens with one attached hydrogen (secondary N) is 3. The van der Waals surface area contributed by atoms with Gasteiger partial charge in [0.2, 0.25) is 11.8 Å². The summed E-state index contributed by atoms with van der Waals surface area (Å²) in [6, 6.07) is 11.2. The molecule has 3 N–H and O–H groups in total. The van der Waals surface area contributed by atoms with E-state index in [0.29, 0.717) is 28.5 Å². The molecule has 0 fully saturated rings. The molecule has 0 aliphatic carbocycles. The summed E-state index contributed by atoms with van der Waals surface area (Å²) in [4.78, 5) is 78.9. The number of rotatable bonds is 5. The topological polar surface area (TPSA) is 185 Å². The van der Waals surface area contributed by atoms with Crippen LogP contribution in [0, 0.1) is 19.8 Å². The van der Waals surface area contributed by atoms with Gasteiger partial charge in [-0.05, 0) is 50.8 Å². The summed E-state index contributed by atoms with van der Waals surface area (Å²) >= 11 is 1.24. The van der Waals surface area contributed by atoms with Crippen molar-refractivity contribution >= 4 is 35.0 Å². The number of nitrogens with zero attached hydrogens (tertiary/aromatic N) is 6. The predicted molar refractivity (Wildman–Crippen MR) is 192 cm³/mol. The molecule has 4 amide bonds. The van der Waals surface area contributed by atoms with E-state index in [0.717, 1.165) is 5.56 Å². The lowest BCUT2D eigenvalue weighted by atomic mass is 10.0. The Bertz CT molecular complexity index is 2080. The Morgan fingerprint density at radius 1 is 0.981 bits per heavy atom. The van der Waals surface area contributed by atoms with Gasteiger partial charge in [-0.2, -0.15) is 0 Å². The Hall–Kier alpha value is -5.83. The second kappa shape index (κ2) is 15.6. The summed E-state index contributed by atoms with van der Waals surface area (Å²) in [5, 5.41) is 11.0. The quantitative estimate of drug-likeness (QED) is 0.235. The third kappa shape index (κ3) is 8.20. The zero-order valence-corrected chi connectivity index (χ0v) is 30.2. The summed E-state index contributed by atoms with van der Waals surface area (Å²) in [7, 11) is 0. The number of benzene rings is 1. The number of carbonyl (C=O) groups is 4. The third-order valence-electron chi connectivity index (χ3n) is 8.60. The average molecular weight is 722 g/mol. The number of fused-ring (bicyclic) bond motifs is 4. The minimum absolute atomic E-state index is 0.0330. The maximum Gasteiger partial charge on any atom is 0.274 e. The molecular formula is C37H39N9O5S. The van der Waals surface area contributed by atoms with Gasteiger partial charge in [0.25, 0.3) is 17.7 Å². The van der Waals surface area contributed by atoms with Crippen LogP contribution < -0.4 is 16.0 Å². The zero-order valence-electron chi connectivity index (χ0n) is 29.4. The van der Waals surface area contributed by atoms with Gasteiger partial charge in [-0.1, -0.05) is 44.2 Å². The molecule has 0 saturated heterocycles. The Morgan fingerprint density at radius 2 is 1.77 bits per heavy atom. The van der Waals surface area contributed by atoms with E-state index >= 15 is 0 Å².